The molecule has 0 fully saturated rings. The quantitative estimate of drug-likeness (QED) is 0.693. The van der Waals surface area contributed by atoms with Gasteiger partial charge in [0.2, 0.25) is 0 Å². The molecule has 0 radical (unpaired) electrons. The third-order valence-corrected chi connectivity index (χ3v) is 1.93. The lowest BCUT2D eigenvalue weighted by Crippen LogP contribution is -1.95. The number of benzene rings is 1. The summed E-state index contributed by atoms with van der Waals surface area (Å²) in [6.45, 7) is 10.4. The molecule has 0 heterocycles. The second kappa shape index (κ2) is 5.63. The van der Waals surface area contributed by atoms with Crippen LogP contribution in [0.2, 0.25) is 0 Å². The summed E-state index contributed by atoms with van der Waals surface area (Å²) < 4.78 is 0. The van der Waals surface area contributed by atoms with Gasteiger partial charge in [-0.2, -0.15) is 0 Å². The van der Waals surface area contributed by atoms with Gasteiger partial charge in [-0.15, -0.1) is 0 Å². The van der Waals surface area contributed by atoms with Crippen molar-refractivity contribution in [2.75, 3.05) is 12.4 Å². The summed E-state index contributed by atoms with van der Waals surface area (Å²) >= 11 is 0. The summed E-state index contributed by atoms with van der Waals surface area (Å²) in [6, 6.07) is 4.39. The van der Waals surface area contributed by atoms with Crippen LogP contribution < -0.4 is 5.32 Å². The van der Waals surface area contributed by atoms with E-state index >= 15 is 0 Å². The van der Waals surface area contributed by atoms with Crippen molar-refractivity contribution >= 4 is 5.69 Å². The van der Waals surface area contributed by atoms with Gasteiger partial charge in [-0.25, -0.2) is 0 Å². The van der Waals surface area contributed by atoms with Gasteiger partial charge >= 0.3 is 0 Å². The number of nitrogens with one attached hydrogen (secondary N) is 1. The molecule has 0 bridgehead atoms. The van der Waals surface area contributed by atoms with Crippen molar-refractivity contribution < 1.29 is 0 Å². The Morgan fingerprint density at radius 2 is 1.31 bits per heavy atom. The van der Waals surface area contributed by atoms with Gasteiger partial charge in [-0.3, -0.25) is 0 Å². The van der Waals surface area contributed by atoms with Gasteiger partial charge in [0, 0.05) is 12.7 Å². The Morgan fingerprint density at radius 1 is 0.923 bits per heavy atom. The highest BCUT2D eigenvalue weighted by molar-refractivity contribution is 5.57. The molecule has 1 heteroatoms. The van der Waals surface area contributed by atoms with Gasteiger partial charge in [-0.05, 0) is 31.9 Å². The lowest BCUT2D eigenvalue weighted by Gasteiger charge is -2.09. The first-order valence-electron chi connectivity index (χ1n) is 4.90. The number of hydrogen-bond acceptors (Lipinski definition) is 1. The Bertz CT molecular complexity index is 241. The van der Waals surface area contributed by atoms with Crippen LogP contribution in [0.3, 0.4) is 0 Å². The third-order valence-electron chi connectivity index (χ3n) is 1.93. The molecule has 0 saturated heterocycles. The van der Waals surface area contributed by atoms with Crippen LogP contribution in [-0.4, -0.2) is 7.05 Å². The predicted octanol–water partition coefficient (Wildman–Crippen LogP) is 3.68. The van der Waals surface area contributed by atoms with E-state index in [1.165, 1.54) is 22.4 Å². The Kier molecular flexibility index (Phi) is 5.20. The SMILES string of the molecule is CC.CNc1c(C)cc(C)cc1C. The predicted molar refractivity (Wildman–Crippen MR) is 61.5 cm³/mol. The topological polar surface area (TPSA) is 12.0 Å². The molecule has 0 aromatic heterocycles. The summed E-state index contributed by atoms with van der Waals surface area (Å²) in [5, 5.41) is 3.19. The van der Waals surface area contributed by atoms with Gasteiger partial charge in [0.05, 0.1) is 0 Å². The van der Waals surface area contributed by atoms with E-state index in [0.717, 1.165) is 0 Å². The van der Waals surface area contributed by atoms with Crippen LogP contribution in [0.15, 0.2) is 12.1 Å². The fourth-order valence-corrected chi connectivity index (χ4v) is 1.57. The summed E-state index contributed by atoms with van der Waals surface area (Å²) in [6.07, 6.45) is 0. The fourth-order valence-electron chi connectivity index (χ4n) is 1.57. The molecule has 0 aliphatic carbocycles. The molecule has 0 aliphatic rings. The summed E-state index contributed by atoms with van der Waals surface area (Å²) in [4.78, 5) is 0. The van der Waals surface area contributed by atoms with Gasteiger partial charge in [0.15, 0.2) is 0 Å². The molecule has 0 aliphatic heterocycles. The normalized spacial score (nSPS) is 8.77. The summed E-state index contributed by atoms with van der Waals surface area (Å²) in [5.74, 6) is 0. The van der Waals surface area contributed by atoms with Crippen molar-refractivity contribution in [3.05, 3.63) is 28.8 Å². The average Bonchev–Trinajstić information content (AvgIpc) is 2.07. The van der Waals surface area contributed by atoms with E-state index in [1.807, 2.05) is 20.9 Å². The molecule has 13 heavy (non-hydrogen) atoms. The molecule has 1 aromatic carbocycles. The third kappa shape index (κ3) is 3.10. The molecular formula is C12H21N. The maximum Gasteiger partial charge on any atom is 0.0397 e. The van der Waals surface area contributed by atoms with Crippen LogP contribution in [0.1, 0.15) is 30.5 Å². The van der Waals surface area contributed by atoms with E-state index in [-0.39, 0.29) is 0 Å². The Hall–Kier alpha value is -0.980. The van der Waals surface area contributed by atoms with Crippen LogP contribution in [0.25, 0.3) is 0 Å². The molecule has 0 amide bonds. The largest absolute Gasteiger partial charge is 0.388 e. The lowest BCUT2D eigenvalue weighted by molar-refractivity contribution is 1.29. The second-order valence-electron chi connectivity index (χ2n) is 3.02. The van der Waals surface area contributed by atoms with Crippen LogP contribution in [0.5, 0.6) is 0 Å². The van der Waals surface area contributed by atoms with Crippen LogP contribution in [0, 0.1) is 20.8 Å². The number of hydrogen-bond donors (Lipinski definition) is 1. The lowest BCUT2D eigenvalue weighted by atomic mass is 10.1. The average molecular weight is 179 g/mol. The summed E-state index contributed by atoms with van der Waals surface area (Å²) in [7, 11) is 1.96. The number of rotatable bonds is 1. The molecule has 0 unspecified atom stereocenters. The number of anilines is 1. The van der Waals surface area contributed by atoms with Gasteiger partial charge in [0.25, 0.3) is 0 Å². The van der Waals surface area contributed by atoms with Gasteiger partial charge < -0.3 is 5.32 Å². The highest BCUT2D eigenvalue weighted by atomic mass is 14.8. The van der Waals surface area contributed by atoms with Crippen molar-refractivity contribution in [2.24, 2.45) is 0 Å². The minimum Gasteiger partial charge on any atom is -0.388 e. The van der Waals surface area contributed by atoms with Crippen molar-refractivity contribution in [3.8, 4) is 0 Å². The molecule has 0 saturated carbocycles. The van der Waals surface area contributed by atoms with E-state index in [1.54, 1.807) is 0 Å². The molecule has 1 nitrogen and oxygen atoms in total. The standard InChI is InChI=1S/C10H15N.C2H6/c1-7-5-8(2)10(11-4)9(3)6-7;1-2/h5-6,11H,1-4H3;1-2H3. The zero-order chi connectivity index (χ0) is 10.4. The van der Waals surface area contributed by atoms with Crippen LogP contribution in [0.4, 0.5) is 5.69 Å². The fraction of sp³-hybridized carbons (Fsp3) is 0.500. The van der Waals surface area contributed by atoms with E-state index in [9.17, 15) is 0 Å². The van der Waals surface area contributed by atoms with Crippen molar-refractivity contribution in [1.82, 2.24) is 0 Å². The maximum atomic E-state index is 3.19. The second-order valence-corrected chi connectivity index (χ2v) is 3.02. The first-order chi connectivity index (χ1) is 6.15. The Balaban J connectivity index is 0.000000671. The first-order valence-corrected chi connectivity index (χ1v) is 4.90. The van der Waals surface area contributed by atoms with Crippen molar-refractivity contribution in [2.45, 2.75) is 34.6 Å². The maximum absolute atomic E-state index is 3.19. The zero-order valence-electron chi connectivity index (χ0n) is 9.65. The van der Waals surface area contributed by atoms with Gasteiger partial charge in [-0.1, -0.05) is 31.5 Å². The summed E-state index contributed by atoms with van der Waals surface area (Å²) in [5.41, 5.74) is 5.24. The van der Waals surface area contributed by atoms with Gasteiger partial charge in [0.1, 0.15) is 0 Å². The van der Waals surface area contributed by atoms with Crippen LogP contribution >= 0.6 is 0 Å². The highest BCUT2D eigenvalue weighted by Gasteiger charge is 1.99. The molecule has 1 rings (SSSR count). The number of aryl methyl sites for hydroxylation is 3. The molecule has 1 aromatic rings. The molecule has 0 atom stereocenters. The minimum absolute atomic E-state index is 1.26. The Morgan fingerprint density at radius 3 is 1.62 bits per heavy atom. The minimum atomic E-state index is 1.26. The van der Waals surface area contributed by atoms with E-state index < -0.39 is 0 Å². The Labute approximate surface area is 82.2 Å². The van der Waals surface area contributed by atoms with E-state index in [2.05, 4.69) is 38.2 Å². The molecular weight excluding hydrogens is 158 g/mol. The monoisotopic (exact) mass is 179 g/mol. The van der Waals surface area contributed by atoms with Crippen molar-refractivity contribution in [1.29, 1.82) is 0 Å². The van der Waals surface area contributed by atoms with E-state index in [0.29, 0.717) is 0 Å². The molecule has 1 N–H and O–H groups in total. The first kappa shape index (κ1) is 12.0. The smallest absolute Gasteiger partial charge is 0.0397 e. The zero-order valence-corrected chi connectivity index (χ0v) is 9.65. The molecule has 0 spiro atoms. The molecule has 74 valence electrons. The van der Waals surface area contributed by atoms with Crippen LogP contribution in [-0.2, 0) is 0 Å². The van der Waals surface area contributed by atoms with E-state index in [4.69, 9.17) is 0 Å². The highest BCUT2D eigenvalue weighted by Crippen LogP contribution is 2.20. The van der Waals surface area contributed by atoms with Crippen molar-refractivity contribution in [3.63, 3.8) is 0 Å².